The summed E-state index contributed by atoms with van der Waals surface area (Å²) in [5.74, 6) is -5.09. The van der Waals surface area contributed by atoms with Crippen LogP contribution in [0.2, 0.25) is 0 Å². The van der Waals surface area contributed by atoms with Crippen molar-refractivity contribution in [1.82, 2.24) is 0 Å². The Morgan fingerprint density at radius 3 is 1.62 bits per heavy atom. The van der Waals surface area contributed by atoms with Crippen LogP contribution in [0, 0.1) is 0 Å². The summed E-state index contributed by atoms with van der Waals surface area (Å²) >= 11 is 0. The summed E-state index contributed by atoms with van der Waals surface area (Å²) in [4.78, 5) is 0. The molecule has 0 saturated carbocycles. The van der Waals surface area contributed by atoms with Gasteiger partial charge in [-0.15, -0.1) is 0 Å². The molecule has 0 saturated heterocycles. The third kappa shape index (κ3) is 4.35. The zero-order chi connectivity index (χ0) is 13.0. The van der Waals surface area contributed by atoms with Crippen LogP contribution in [0.15, 0.2) is 0 Å². The van der Waals surface area contributed by atoms with Gasteiger partial charge in [-0.3, -0.25) is 4.57 Å². The van der Waals surface area contributed by atoms with E-state index in [1.807, 2.05) is 0 Å². The molecule has 0 aromatic carbocycles. The van der Waals surface area contributed by atoms with Gasteiger partial charge in [-0.1, -0.05) is 0 Å². The van der Waals surface area contributed by atoms with Crippen LogP contribution in [0.25, 0.3) is 0 Å². The van der Waals surface area contributed by atoms with Crippen LogP contribution in [0.1, 0.15) is 13.8 Å². The van der Waals surface area contributed by atoms with Crippen LogP contribution in [0.4, 0.5) is 22.0 Å². The molecule has 3 nitrogen and oxygen atoms in total. The van der Waals surface area contributed by atoms with Crippen molar-refractivity contribution >= 4 is 7.60 Å². The molecule has 0 fully saturated rings. The molecule has 0 amide bonds. The molecule has 0 bridgehead atoms. The molecule has 0 N–H and O–H groups in total. The van der Waals surface area contributed by atoms with Crippen LogP contribution in [0.5, 0.6) is 0 Å². The summed E-state index contributed by atoms with van der Waals surface area (Å²) in [6.45, 7) is 2.09. The van der Waals surface area contributed by atoms with E-state index in [0.29, 0.717) is 0 Å². The van der Waals surface area contributed by atoms with Gasteiger partial charge in [-0.25, -0.2) is 0 Å². The number of halogens is 5. The van der Waals surface area contributed by atoms with Crippen molar-refractivity contribution in [3.05, 3.63) is 0 Å². The van der Waals surface area contributed by atoms with E-state index in [-0.39, 0.29) is 13.2 Å². The molecule has 16 heavy (non-hydrogen) atoms. The highest BCUT2D eigenvalue weighted by atomic mass is 31.2. The fourth-order valence-electron chi connectivity index (χ4n) is 0.855. The van der Waals surface area contributed by atoms with Gasteiger partial charge < -0.3 is 9.05 Å². The molecule has 0 unspecified atom stereocenters. The third-order valence-corrected chi connectivity index (χ3v) is 3.55. The van der Waals surface area contributed by atoms with Crippen molar-refractivity contribution in [2.45, 2.75) is 25.9 Å². The molecule has 0 spiro atoms. The Kier molecular flexibility index (Phi) is 5.35. The summed E-state index contributed by atoms with van der Waals surface area (Å²) in [7, 11) is -4.41. The fraction of sp³-hybridized carbons (Fsp3) is 1.00. The average Bonchev–Trinajstić information content (AvgIpc) is 2.00. The van der Waals surface area contributed by atoms with Gasteiger partial charge in [0.25, 0.3) is 0 Å². The Morgan fingerprint density at radius 2 is 1.38 bits per heavy atom. The first-order valence-corrected chi connectivity index (χ1v) is 6.13. The van der Waals surface area contributed by atoms with E-state index in [4.69, 9.17) is 0 Å². The monoisotopic (exact) mass is 270 g/mol. The van der Waals surface area contributed by atoms with Gasteiger partial charge in [0.1, 0.15) is 6.16 Å². The number of alkyl halides is 5. The topological polar surface area (TPSA) is 35.5 Å². The first kappa shape index (κ1) is 15.8. The minimum atomic E-state index is -5.77. The fourth-order valence-corrected chi connectivity index (χ4v) is 2.56. The molecule has 0 aromatic heterocycles. The lowest BCUT2D eigenvalue weighted by molar-refractivity contribution is -0.272. The molecule has 0 aliphatic rings. The smallest absolute Gasteiger partial charge is 0.309 e. The molecular weight excluding hydrogens is 258 g/mol. The maximum atomic E-state index is 12.6. The highest BCUT2D eigenvalue weighted by Gasteiger charge is 2.61. The van der Waals surface area contributed by atoms with E-state index >= 15 is 0 Å². The normalized spacial score (nSPS) is 14.2. The Bertz CT molecular complexity index is 255. The van der Waals surface area contributed by atoms with Gasteiger partial charge in [0.05, 0.1) is 13.2 Å². The van der Waals surface area contributed by atoms with Crippen molar-refractivity contribution in [3.8, 4) is 0 Å². The van der Waals surface area contributed by atoms with E-state index < -0.39 is 25.9 Å². The van der Waals surface area contributed by atoms with E-state index in [1.165, 1.54) is 13.8 Å². The van der Waals surface area contributed by atoms with Crippen molar-refractivity contribution in [3.63, 3.8) is 0 Å². The number of hydrogen-bond acceptors (Lipinski definition) is 3. The van der Waals surface area contributed by atoms with Crippen LogP contribution >= 0.6 is 7.60 Å². The second-order valence-corrected chi connectivity index (χ2v) is 4.86. The molecular formula is C7H12F5O3P. The molecule has 0 atom stereocenters. The van der Waals surface area contributed by atoms with Crippen LogP contribution in [-0.2, 0) is 13.6 Å². The standard InChI is InChI=1S/C7H12F5O3P/c1-3-14-16(13,15-4-2)5-6(8,9)7(10,11)12/h3-5H2,1-2H3. The van der Waals surface area contributed by atoms with Gasteiger partial charge in [-0.05, 0) is 13.8 Å². The second kappa shape index (κ2) is 5.42. The van der Waals surface area contributed by atoms with Crippen LogP contribution in [0.3, 0.4) is 0 Å². The van der Waals surface area contributed by atoms with Gasteiger partial charge in [0.2, 0.25) is 0 Å². The largest absolute Gasteiger partial charge is 0.453 e. The van der Waals surface area contributed by atoms with Crippen molar-refractivity contribution in [2.24, 2.45) is 0 Å². The third-order valence-electron chi connectivity index (χ3n) is 1.46. The van der Waals surface area contributed by atoms with E-state index in [1.54, 1.807) is 0 Å². The maximum absolute atomic E-state index is 12.6. The Hall–Kier alpha value is -0.200. The van der Waals surface area contributed by atoms with Crippen molar-refractivity contribution < 1.29 is 35.6 Å². The Morgan fingerprint density at radius 1 is 1.00 bits per heavy atom. The average molecular weight is 270 g/mol. The predicted octanol–water partition coefficient (Wildman–Crippen LogP) is 3.45. The molecule has 0 aromatic rings. The van der Waals surface area contributed by atoms with E-state index in [0.717, 1.165) is 0 Å². The molecule has 98 valence electrons. The minimum absolute atomic E-state index is 0.273. The number of hydrogen-bond donors (Lipinski definition) is 0. The number of rotatable bonds is 6. The molecule has 0 aliphatic heterocycles. The summed E-state index contributed by atoms with van der Waals surface area (Å²) in [5, 5.41) is 0. The molecule has 0 rings (SSSR count). The second-order valence-electron chi connectivity index (χ2n) is 2.81. The zero-order valence-corrected chi connectivity index (χ0v) is 9.58. The molecule has 0 aliphatic carbocycles. The van der Waals surface area contributed by atoms with Gasteiger partial charge in [0.15, 0.2) is 0 Å². The highest BCUT2D eigenvalue weighted by molar-refractivity contribution is 7.53. The summed E-state index contributed by atoms with van der Waals surface area (Å²) in [5.41, 5.74) is 0. The lowest BCUT2D eigenvalue weighted by Gasteiger charge is -2.24. The maximum Gasteiger partial charge on any atom is 0.453 e. The molecule has 0 heterocycles. The summed E-state index contributed by atoms with van der Waals surface area (Å²) in [6, 6.07) is 0. The Labute approximate surface area is 89.4 Å². The first-order valence-electron chi connectivity index (χ1n) is 4.40. The molecule has 9 heteroatoms. The van der Waals surface area contributed by atoms with E-state index in [2.05, 4.69) is 9.05 Å². The Balaban J connectivity index is 4.82. The SMILES string of the molecule is CCOP(=O)(CC(F)(F)C(F)(F)F)OCC. The van der Waals surface area contributed by atoms with E-state index in [9.17, 15) is 26.5 Å². The minimum Gasteiger partial charge on any atom is -0.309 e. The van der Waals surface area contributed by atoms with Crippen LogP contribution in [-0.4, -0.2) is 31.5 Å². The highest BCUT2D eigenvalue weighted by Crippen LogP contribution is 2.54. The van der Waals surface area contributed by atoms with Crippen molar-refractivity contribution in [1.29, 1.82) is 0 Å². The molecule has 0 radical (unpaired) electrons. The van der Waals surface area contributed by atoms with Gasteiger partial charge in [0, 0.05) is 0 Å². The zero-order valence-electron chi connectivity index (χ0n) is 8.68. The van der Waals surface area contributed by atoms with Crippen LogP contribution < -0.4 is 0 Å². The predicted molar refractivity (Wildman–Crippen MR) is 46.7 cm³/mol. The van der Waals surface area contributed by atoms with Crippen molar-refractivity contribution in [2.75, 3.05) is 19.4 Å². The summed E-state index contributed by atoms with van der Waals surface area (Å²) < 4.78 is 81.0. The lowest BCUT2D eigenvalue weighted by atomic mass is 10.4. The van der Waals surface area contributed by atoms with Gasteiger partial charge >= 0.3 is 19.7 Å². The summed E-state index contributed by atoms with van der Waals surface area (Å²) in [6.07, 6.45) is -7.76. The lowest BCUT2D eigenvalue weighted by Crippen LogP contribution is -2.40. The quantitative estimate of drug-likeness (QED) is 0.547. The van der Waals surface area contributed by atoms with Gasteiger partial charge in [-0.2, -0.15) is 22.0 Å². The first-order chi connectivity index (χ1) is 7.08.